The lowest BCUT2D eigenvalue weighted by molar-refractivity contribution is 0.0546. The minimum atomic E-state index is 0.562. The highest BCUT2D eigenvalue weighted by molar-refractivity contribution is 5.43. The number of fused-ring (bicyclic) bond motifs is 1. The maximum atomic E-state index is 6.01. The van der Waals surface area contributed by atoms with Gasteiger partial charge in [0, 0.05) is 12.6 Å². The van der Waals surface area contributed by atoms with Gasteiger partial charge in [-0.25, -0.2) is 0 Å². The molecule has 2 aliphatic rings. The van der Waals surface area contributed by atoms with E-state index >= 15 is 0 Å². The van der Waals surface area contributed by atoms with Crippen LogP contribution >= 0.6 is 0 Å². The van der Waals surface area contributed by atoms with Crippen LogP contribution in [-0.4, -0.2) is 24.6 Å². The summed E-state index contributed by atoms with van der Waals surface area (Å²) in [5.74, 6) is 2.57. The van der Waals surface area contributed by atoms with Gasteiger partial charge in [-0.1, -0.05) is 49.2 Å². The molecule has 1 saturated carbocycles. The molecule has 0 radical (unpaired) electrons. The van der Waals surface area contributed by atoms with Crippen LogP contribution in [0.1, 0.15) is 49.7 Å². The van der Waals surface area contributed by atoms with Crippen molar-refractivity contribution in [3.63, 3.8) is 0 Å². The lowest BCUT2D eigenvalue weighted by Gasteiger charge is -2.44. The number of piperidine rings is 1. The summed E-state index contributed by atoms with van der Waals surface area (Å²) in [6, 6.07) is 17.5. The average Bonchev–Trinajstić information content (AvgIpc) is 2.74. The zero-order valence-corrected chi connectivity index (χ0v) is 16.4. The van der Waals surface area contributed by atoms with E-state index in [9.17, 15) is 0 Å². The average molecular weight is 366 g/mol. The number of hydrogen-bond donors (Lipinski definition) is 0. The monoisotopic (exact) mass is 365 g/mol. The fraction of sp³-hybridized carbons (Fsp3) is 0.500. The third kappa shape index (κ3) is 4.47. The minimum Gasteiger partial charge on any atom is -0.493 e. The molecule has 3 nitrogen and oxygen atoms in total. The predicted molar refractivity (Wildman–Crippen MR) is 109 cm³/mol. The number of rotatable bonds is 6. The molecule has 27 heavy (non-hydrogen) atoms. The Kier molecular flexibility index (Phi) is 5.98. The molecule has 0 unspecified atom stereocenters. The van der Waals surface area contributed by atoms with Crippen LogP contribution in [0.25, 0.3) is 0 Å². The Morgan fingerprint density at radius 2 is 1.70 bits per heavy atom. The summed E-state index contributed by atoms with van der Waals surface area (Å²) < 4.78 is 11.6. The molecular formula is C24H31NO2. The third-order valence-electron chi connectivity index (χ3n) is 6.21. The van der Waals surface area contributed by atoms with Crippen LogP contribution in [-0.2, 0) is 13.2 Å². The zero-order valence-electron chi connectivity index (χ0n) is 16.4. The molecule has 2 fully saturated rings. The maximum absolute atomic E-state index is 6.01. The molecule has 1 saturated heterocycles. The van der Waals surface area contributed by atoms with Crippen LogP contribution in [0.4, 0.5) is 0 Å². The molecule has 2 atom stereocenters. The van der Waals surface area contributed by atoms with E-state index in [1.165, 1.54) is 56.2 Å². The molecule has 144 valence electrons. The summed E-state index contributed by atoms with van der Waals surface area (Å²) in [4.78, 5) is 2.71. The van der Waals surface area contributed by atoms with Crippen LogP contribution in [0.5, 0.6) is 11.5 Å². The molecule has 2 aromatic carbocycles. The van der Waals surface area contributed by atoms with E-state index in [0.29, 0.717) is 6.61 Å². The number of likely N-dealkylation sites (tertiary alicyclic amines) is 1. The normalized spacial score (nSPS) is 22.9. The van der Waals surface area contributed by atoms with Crippen molar-refractivity contribution >= 4 is 0 Å². The first-order chi connectivity index (χ1) is 13.3. The van der Waals surface area contributed by atoms with Gasteiger partial charge in [0.2, 0.25) is 0 Å². The van der Waals surface area contributed by atoms with Gasteiger partial charge in [0.15, 0.2) is 11.5 Å². The SMILES string of the molecule is COc1cc(CN2CCC[C@@H]3CCCC[C@H]32)ccc1OCc1ccccc1. The Bertz CT molecular complexity index is 728. The first-order valence-corrected chi connectivity index (χ1v) is 10.4. The highest BCUT2D eigenvalue weighted by atomic mass is 16.5. The van der Waals surface area contributed by atoms with Gasteiger partial charge in [-0.15, -0.1) is 0 Å². The Hall–Kier alpha value is -2.00. The molecule has 0 spiro atoms. The molecule has 0 N–H and O–H groups in total. The van der Waals surface area contributed by atoms with Gasteiger partial charge in [0.05, 0.1) is 7.11 Å². The number of benzene rings is 2. The van der Waals surface area contributed by atoms with Crippen molar-refractivity contribution in [2.45, 2.75) is 57.7 Å². The first-order valence-electron chi connectivity index (χ1n) is 10.4. The van der Waals surface area contributed by atoms with Gasteiger partial charge < -0.3 is 9.47 Å². The van der Waals surface area contributed by atoms with E-state index in [2.05, 4.69) is 35.2 Å². The van der Waals surface area contributed by atoms with Crippen molar-refractivity contribution in [1.29, 1.82) is 0 Å². The Morgan fingerprint density at radius 1 is 0.889 bits per heavy atom. The molecule has 1 aliphatic carbocycles. The Morgan fingerprint density at radius 3 is 2.56 bits per heavy atom. The standard InChI is InChI=1S/C24H31NO2/c1-26-24-16-20(13-14-23(24)27-18-19-8-3-2-4-9-19)17-25-15-7-11-21-10-5-6-12-22(21)25/h2-4,8-9,13-14,16,21-22H,5-7,10-12,15,17-18H2,1H3/t21-,22+/m0/s1. The summed E-state index contributed by atoms with van der Waals surface area (Å²) in [5.41, 5.74) is 2.49. The molecule has 4 rings (SSSR count). The van der Waals surface area contributed by atoms with E-state index < -0.39 is 0 Å². The maximum Gasteiger partial charge on any atom is 0.161 e. The Balaban J connectivity index is 1.43. The van der Waals surface area contributed by atoms with E-state index in [-0.39, 0.29) is 0 Å². The fourth-order valence-corrected chi connectivity index (χ4v) is 4.82. The van der Waals surface area contributed by atoms with E-state index in [4.69, 9.17) is 9.47 Å². The summed E-state index contributed by atoms with van der Waals surface area (Å²) in [5, 5.41) is 0. The second-order valence-corrected chi connectivity index (χ2v) is 7.98. The van der Waals surface area contributed by atoms with Crippen LogP contribution < -0.4 is 9.47 Å². The fourth-order valence-electron chi connectivity index (χ4n) is 4.82. The second kappa shape index (κ2) is 8.79. The van der Waals surface area contributed by atoms with Crippen LogP contribution in [0, 0.1) is 5.92 Å². The second-order valence-electron chi connectivity index (χ2n) is 7.98. The highest BCUT2D eigenvalue weighted by Gasteiger charge is 2.33. The number of nitrogens with zero attached hydrogens (tertiary/aromatic N) is 1. The van der Waals surface area contributed by atoms with Gasteiger partial charge in [0.1, 0.15) is 6.61 Å². The molecule has 0 aromatic heterocycles. The number of ether oxygens (including phenoxy) is 2. The number of methoxy groups -OCH3 is 1. The number of hydrogen-bond acceptors (Lipinski definition) is 3. The third-order valence-corrected chi connectivity index (χ3v) is 6.21. The highest BCUT2D eigenvalue weighted by Crippen LogP contribution is 2.37. The predicted octanol–water partition coefficient (Wildman–Crippen LogP) is 5.43. The lowest BCUT2D eigenvalue weighted by Crippen LogP contribution is -2.46. The van der Waals surface area contributed by atoms with Crippen LogP contribution in [0.2, 0.25) is 0 Å². The quantitative estimate of drug-likeness (QED) is 0.681. The van der Waals surface area contributed by atoms with Crippen molar-refractivity contribution in [2.75, 3.05) is 13.7 Å². The van der Waals surface area contributed by atoms with Gasteiger partial charge in [0.25, 0.3) is 0 Å². The molecule has 2 aromatic rings. The van der Waals surface area contributed by atoms with Crippen LogP contribution in [0.3, 0.4) is 0 Å². The lowest BCUT2D eigenvalue weighted by atomic mass is 9.78. The van der Waals surface area contributed by atoms with Crippen molar-refractivity contribution < 1.29 is 9.47 Å². The van der Waals surface area contributed by atoms with E-state index in [1.807, 2.05) is 18.2 Å². The van der Waals surface area contributed by atoms with Gasteiger partial charge in [-0.05, 0) is 61.4 Å². The molecular weight excluding hydrogens is 334 g/mol. The summed E-state index contributed by atoms with van der Waals surface area (Å²) in [6.07, 6.45) is 8.40. The van der Waals surface area contributed by atoms with Crippen molar-refractivity contribution in [1.82, 2.24) is 4.90 Å². The van der Waals surface area contributed by atoms with Gasteiger partial charge in [-0.2, -0.15) is 0 Å². The van der Waals surface area contributed by atoms with Crippen molar-refractivity contribution in [2.24, 2.45) is 5.92 Å². The smallest absolute Gasteiger partial charge is 0.161 e. The summed E-state index contributed by atoms with van der Waals surface area (Å²) >= 11 is 0. The largest absolute Gasteiger partial charge is 0.493 e. The summed E-state index contributed by atoms with van der Waals surface area (Å²) in [7, 11) is 1.73. The summed E-state index contributed by atoms with van der Waals surface area (Å²) in [6.45, 7) is 2.82. The molecule has 0 amide bonds. The minimum absolute atomic E-state index is 0.562. The molecule has 1 heterocycles. The van der Waals surface area contributed by atoms with Gasteiger partial charge in [-0.3, -0.25) is 4.90 Å². The van der Waals surface area contributed by atoms with Crippen molar-refractivity contribution in [3.05, 3.63) is 59.7 Å². The molecule has 1 aliphatic heterocycles. The first kappa shape index (κ1) is 18.4. The topological polar surface area (TPSA) is 21.7 Å². The van der Waals surface area contributed by atoms with Gasteiger partial charge >= 0.3 is 0 Å². The van der Waals surface area contributed by atoms with E-state index in [1.54, 1.807) is 7.11 Å². The van der Waals surface area contributed by atoms with E-state index in [0.717, 1.165) is 30.0 Å². The molecule has 0 bridgehead atoms. The zero-order chi connectivity index (χ0) is 18.5. The Labute approximate surface area is 163 Å². The van der Waals surface area contributed by atoms with Crippen molar-refractivity contribution in [3.8, 4) is 11.5 Å². The molecule has 3 heteroatoms. The van der Waals surface area contributed by atoms with Crippen LogP contribution in [0.15, 0.2) is 48.5 Å².